The van der Waals surface area contributed by atoms with Gasteiger partial charge in [0.15, 0.2) is 0 Å². The Morgan fingerprint density at radius 1 is 1.21 bits per heavy atom. The first-order valence-corrected chi connectivity index (χ1v) is 9.65. The molecule has 2 N–H and O–H groups in total. The van der Waals surface area contributed by atoms with Crippen LogP contribution in [-0.4, -0.2) is 28.1 Å². The van der Waals surface area contributed by atoms with Crippen LogP contribution in [0.4, 0.5) is 0 Å². The molecule has 0 aliphatic heterocycles. The minimum Gasteiger partial charge on any atom is -0.481 e. The highest BCUT2D eigenvalue weighted by Gasteiger charge is 2.32. The molecular formula is C20H34O4. The van der Waals surface area contributed by atoms with Crippen molar-refractivity contribution in [3.63, 3.8) is 0 Å². The molecule has 24 heavy (non-hydrogen) atoms. The number of unbranched alkanes of at least 4 members (excludes halogenated alkanes) is 5. The van der Waals surface area contributed by atoms with Gasteiger partial charge in [0.1, 0.15) is 5.78 Å². The molecule has 0 spiro atoms. The standard InChI is InChI=1S/C20H34O4/c1-2-3-6-9-17(21)14-12-16-13-15-19(22)18(16)10-7-4-5-8-11-20(23)24/h12,14,16-18,21H,2-11,13,15H2,1H3,(H,23,24)/b14-12+/t16-,17+,18-/m1/s1. The maximum atomic E-state index is 12.1. The Morgan fingerprint density at radius 2 is 1.96 bits per heavy atom. The number of aliphatic hydroxyl groups is 1. The molecule has 3 atom stereocenters. The average molecular weight is 338 g/mol. The average Bonchev–Trinajstić information content (AvgIpc) is 2.89. The number of hydrogen-bond donors (Lipinski definition) is 2. The summed E-state index contributed by atoms with van der Waals surface area (Å²) in [5.41, 5.74) is 0. The van der Waals surface area contributed by atoms with Gasteiger partial charge in [0.2, 0.25) is 0 Å². The van der Waals surface area contributed by atoms with E-state index in [-0.39, 0.29) is 24.4 Å². The van der Waals surface area contributed by atoms with Gasteiger partial charge in [-0.2, -0.15) is 0 Å². The van der Waals surface area contributed by atoms with Crippen LogP contribution in [0.25, 0.3) is 0 Å². The maximum Gasteiger partial charge on any atom is 0.303 e. The van der Waals surface area contributed by atoms with Crippen LogP contribution < -0.4 is 0 Å². The molecule has 0 saturated heterocycles. The Bertz CT molecular complexity index is 402. The number of allylic oxidation sites excluding steroid dienone is 1. The molecule has 4 nitrogen and oxygen atoms in total. The minimum atomic E-state index is -0.733. The predicted octanol–water partition coefficient (Wildman–Crippen LogP) is 4.50. The third-order valence-corrected chi connectivity index (χ3v) is 4.99. The van der Waals surface area contributed by atoms with Gasteiger partial charge in [-0.05, 0) is 31.6 Å². The number of aliphatic carboxylic acids is 1. The SMILES string of the molecule is CCCCC[C@H](O)/C=C/[C@@H]1CCC(=O)[C@@H]1CCCCCCC(=O)O. The molecule has 0 aromatic heterocycles. The largest absolute Gasteiger partial charge is 0.481 e. The molecule has 0 bridgehead atoms. The van der Waals surface area contributed by atoms with Gasteiger partial charge < -0.3 is 10.2 Å². The zero-order chi connectivity index (χ0) is 17.8. The molecule has 1 aliphatic rings. The number of rotatable bonds is 13. The van der Waals surface area contributed by atoms with Crippen molar-refractivity contribution in [3.8, 4) is 0 Å². The number of carboxylic acids is 1. The van der Waals surface area contributed by atoms with Gasteiger partial charge in [-0.15, -0.1) is 0 Å². The molecule has 0 aromatic carbocycles. The third-order valence-electron chi connectivity index (χ3n) is 4.99. The second-order valence-corrected chi connectivity index (χ2v) is 7.07. The van der Waals surface area contributed by atoms with Crippen LogP contribution in [0.5, 0.6) is 0 Å². The lowest BCUT2D eigenvalue weighted by atomic mass is 9.89. The summed E-state index contributed by atoms with van der Waals surface area (Å²) in [4.78, 5) is 22.5. The third kappa shape index (κ3) is 8.62. The topological polar surface area (TPSA) is 74.6 Å². The minimum absolute atomic E-state index is 0.101. The van der Waals surface area contributed by atoms with Gasteiger partial charge >= 0.3 is 5.97 Å². The first kappa shape index (κ1) is 20.9. The fourth-order valence-corrected chi connectivity index (χ4v) is 3.50. The van der Waals surface area contributed by atoms with Crippen LogP contribution in [0.1, 0.15) is 84.0 Å². The summed E-state index contributed by atoms with van der Waals surface area (Å²) in [6, 6.07) is 0. The van der Waals surface area contributed by atoms with Crippen molar-refractivity contribution in [2.75, 3.05) is 0 Å². The highest BCUT2D eigenvalue weighted by Crippen LogP contribution is 2.34. The molecule has 1 aliphatic carbocycles. The van der Waals surface area contributed by atoms with Gasteiger partial charge in [0.05, 0.1) is 6.10 Å². The van der Waals surface area contributed by atoms with E-state index in [9.17, 15) is 14.7 Å². The summed E-state index contributed by atoms with van der Waals surface area (Å²) in [6.07, 6.45) is 14.0. The smallest absolute Gasteiger partial charge is 0.303 e. The quantitative estimate of drug-likeness (QED) is 0.383. The lowest BCUT2D eigenvalue weighted by Crippen LogP contribution is -2.14. The molecule has 0 aromatic rings. The summed E-state index contributed by atoms with van der Waals surface area (Å²) < 4.78 is 0. The van der Waals surface area contributed by atoms with E-state index in [1.165, 1.54) is 0 Å². The van der Waals surface area contributed by atoms with E-state index >= 15 is 0 Å². The molecule has 0 amide bonds. The van der Waals surface area contributed by atoms with Crippen molar-refractivity contribution in [1.82, 2.24) is 0 Å². The number of hydrogen-bond acceptors (Lipinski definition) is 3. The number of Topliss-reactive ketones (excluding diaryl/α,β-unsaturated/α-hetero) is 1. The first-order chi connectivity index (χ1) is 11.5. The van der Waals surface area contributed by atoms with Crippen LogP contribution in [0.3, 0.4) is 0 Å². The lowest BCUT2D eigenvalue weighted by Gasteiger charge is -2.15. The zero-order valence-electron chi connectivity index (χ0n) is 15.1. The van der Waals surface area contributed by atoms with E-state index < -0.39 is 5.97 Å². The summed E-state index contributed by atoms with van der Waals surface area (Å²) in [5, 5.41) is 18.6. The second kappa shape index (κ2) is 12.2. The highest BCUT2D eigenvalue weighted by molar-refractivity contribution is 5.83. The van der Waals surface area contributed by atoms with Crippen molar-refractivity contribution in [1.29, 1.82) is 0 Å². The Labute approximate surface area is 146 Å². The number of carboxylic acid groups (broad SMARTS) is 1. The number of ketones is 1. The molecule has 1 rings (SSSR count). The monoisotopic (exact) mass is 338 g/mol. The van der Waals surface area contributed by atoms with Gasteiger partial charge in [-0.25, -0.2) is 0 Å². The van der Waals surface area contributed by atoms with E-state index in [0.717, 1.165) is 64.2 Å². The summed E-state index contributed by atoms with van der Waals surface area (Å²) in [5.74, 6) is 0.000218. The number of carbonyl (C=O) groups is 2. The molecule has 138 valence electrons. The Kier molecular flexibility index (Phi) is 10.6. The maximum absolute atomic E-state index is 12.1. The molecule has 0 heterocycles. The Hall–Kier alpha value is -1.16. The molecule has 0 unspecified atom stereocenters. The summed E-state index contributed by atoms with van der Waals surface area (Å²) in [6.45, 7) is 2.15. The van der Waals surface area contributed by atoms with E-state index in [4.69, 9.17) is 5.11 Å². The predicted molar refractivity (Wildman–Crippen MR) is 95.8 cm³/mol. The molecule has 1 fully saturated rings. The molecule has 1 saturated carbocycles. The Balaban J connectivity index is 2.28. The molecule has 4 heteroatoms. The summed E-state index contributed by atoms with van der Waals surface area (Å²) in [7, 11) is 0. The zero-order valence-corrected chi connectivity index (χ0v) is 15.1. The molecule has 0 radical (unpaired) electrons. The van der Waals surface area contributed by atoms with Crippen molar-refractivity contribution in [2.24, 2.45) is 11.8 Å². The van der Waals surface area contributed by atoms with Gasteiger partial charge in [0.25, 0.3) is 0 Å². The van der Waals surface area contributed by atoms with E-state index in [2.05, 4.69) is 13.0 Å². The van der Waals surface area contributed by atoms with E-state index in [0.29, 0.717) is 12.2 Å². The van der Waals surface area contributed by atoms with Crippen molar-refractivity contribution in [2.45, 2.75) is 90.1 Å². The number of carbonyl (C=O) groups excluding carboxylic acids is 1. The Morgan fingerprint density at radius 3 is 2.67 bits per heavy atom. The van der Waals surface area contributed by atoms with Crippen LogP contribution in [-0.2, 0) is 9.59 Å². The van der Waals surface area contributed by atoms with Gasteiger partial charge in [-0.3, -0.25) is 9.59 Å². The van der Waals surface area contributed by atoms with Gasteiger partial charge in [-0.1, -0.05) is 57.6 Å². The fraction of sp³-hybridized carbons (Fsp3) is 0.800. The van der Waals surface area contributed by atoms with Crippen LogP contribution in [0, 0.1) is 11.8 Å². The lowest BCUT2D eigenvalue weighted by molar-refractivity contribution is -0.137. The number of aliphatic hydroxyl groups excluding tert-OH is 1. The van der Waals surface area contributed by atoms with Gasteiger partial charge in [0, 0.05) is 18.8 Å². The van der Waals surface area contributed by atoms with Crippen molar-refractivity contribution >= 4 is 11.8 Å². The van der Waals surface area contributed by atoms with Crippen LogP contribution in [0.15, 0.2) is 12.2 Å². The second-order valence-electron chi connectivity index (χ2n) is 7.07. The molecular weight excluding hydrogens is 304 g/mol. The van der Waals surface area contributed by atoms with Crippen molar-refractivity contribution in [3.05, 3.63) is 12.2 Å². The van der Waals surface area contributed by atoms with E-state index in [1.54, 1.807) is 0 Å². The van der Waals surface area contributed by atoms with Crippen LogP contribution >= 0.6 is 0 Å². The summed E-state index contributed by atoms with van der Waals surface area (Å²) >= 11 is 0. The fourth-order valence-electron chi connectivity index (χ4n) is 3.50. The van der Waals surface area contributed by atoms with E-state index in [1.807, 2.05) is 6.08 Å². The van der Waals surface area contributed by atoms with Crippen LogP contribution in [0.2, 0.25) is 0 Å². The normalized spacial score (nSPS) is 22.3. The highest BCUT2D eigenvalue weighted by atomic mass is 16.4. The van der Waals surface area contributed by atoms with Crippen molar-refractivity contribution < 1.29 is 19.8 Å². The first-order valence-electron chi connectivity index (χ1n) is 9.65.